The molecule has 1 heteroatoms. The zero-order valence-electron chi connectivity index (χ0n) is 10.4. The first kappa shape index (κ1) is 22.7. The predicted molar refractivity (Wildman–Crippen MR) is 63.9 cm³/mol. The Labute approximate surface area is 85.0 Å². The minimum absolute atomic E-state index is 0.898. The first-order valence-electron chi connectivity index (χ1n) is 4.94. The van der Waals surface area contributed by atoms with E-state index in [4.69, 9.17) is 11.6 Å². The van der Waals surface area contributed by atoms with Crippen molar-refractivity contribution in [2.24, 2.45) is 0 Å². The summed E-state index contributed by atoms with van der Waals surface area (Å²) < 4.78 is 0. The van der Waals surface area contributed by atoms with Gasteiger partial charge in [0.2, 0.25) is 0 Å². The van der Waals surface area contributed by atoms with Gasteiger partial charge in [-0.05, 0) is 20.8 Å². The maximum absolute atomic E-state index is 5.49. The normalized spacial score (nSPS) is 5.50. The molecule has 0 aromatic heterocycles. The summed E-state index contributed by atoms with van der Waals surface area (Å²) in [5.74, 6) is 0. The lowest BCUT2D eigenvalue weighted by atomic mass is 10.3. The zero-order valence-corrected chi connectivity index (χ0v) is 11.1. The van der Waals surface area contributed by atoms with Crippen molar-refractivity contribution in [3.05, 3.63) is 10.6 Å². The second-order valence-electron chi connectivity index (χ2n) is 1.53. The predicted octanol–water partition coefficient (Wildman–Crippen LogP) is 5.62. The molecule has 0 aliphatic heterocycles. The second kappa shape index (κ2) is 30.5. The van der Waals surface area contributed by atoms with Crippen LogP contribution < -0.4 is 0 Å². The summed E-state index contributed by atoms with van der Waals surface area (Å²) in [6, 6.07) is 0. The standard InChI is InChI=1S/C5H9Cl.3C2H6/c1-4(2)5(3)6;3*1-2/h1-3H3;3*1-2H3. The van der Waals surface area contributed by atoms with Crippen LogP contribution in [0, 0.1) is 0 Å². The molecule has 0 aromatic rings. The minimum atomic E-state index is 0.898. The number of allylic oxidation sites excluding steroid dienone is 2. The lowest BCUT2D eigenvalue weighted by molar-refractivity contribution is 1.34. The topological polar surface area (TPSA) is 0 Å². The van der Waals surface area contributed by atoms with Gasteiger partial charge in [0.05, 0.1) is 0 Å². The van der Waals surface area contributed by atoms with E-state index in [1.165, 1.54) is 5.57 Å². The van der Waals surface area contributed by atoms with E-state index >= 15 is 0 Å². The summed E-state index contributed by atoms with van der Waals surface area (Å²) in [5, 5.41) is 0.898. The van der Waals surface area contributed by atoms with Gasteiger partial charge in [0.1, 0.15) is 0 Å². The van der Waals surface area contributed by atoms with Crippen molar-refractivity contribution in [3.8, 4) is 0 Å². The molecule has 0 spiro atoms. The van der Waals surface area contributed by atoms with E-state index in [-0.39, 0.29) is 0 Å². The summed E-state index contributed by atoms with van der Waals surface area (Å²) in [7, 11) is 0. The number of hydrogen-bond donors (Lipinski definition) is 0. The van der Waals surface area contributed by atoms with Crippen molar-refractivity contribution in [3.63, 3.8) is 0 Å². The molecule has 78 valence electrons. The van der Waals surface area contributed by atoms with Crippen molar-refractivity contribution in [1.82, 2.24) is 0 Å². The van der Waals surface area contributed by atoms with Crippen LogP contribution in [0.3, 0.4) is 0 Å². The third kappa shape index (κ3) is 50.4. The molecule has 12 heavy (non-hydrogen) atoms. The van der Waals surface area contributed by atoms with Gasteiger partial charge in [-0.1, -0.05) is 58.7 Å². The lowest BCUT2D eigenvalue weighted by Crippen LogP contribution is -1.62. The Bertz CT molecular complexity index is 55.1. The largest absolute Gasteiger partial charge is 0.0895 e. The average Bonchev–Trinajstić information content (AvgIpc) is 2.14. The Morgan fingerprint density at radius 2 is 0.750 bits per heavy atom. The molecule has 0 aliphatic rings. The lowest BCUT2D eigenvalue weighted by Gasteiger charge is -1.85. The molecule has 0 radical (unpaired) electrons. The Morgan fingerprint density at radius 1 is 0.667 bits per heavy atom. The van der Waals surface area contributed by atoms with Crippen molar-refractivity contribution < 1.29 is 0 Å². The highest BCUT2D eigenvalue weighted by atomic mass is 35.5. The van der Waals surface area contributed by atoms with E-state index in [0.717, 1.165) is 5.03 Å². The summed E-state index contributed by atoms with van der Waals surface area (Å²) in [5.41, 5.74) is 1.19. The van der Waals surface area contributed by atoms with Crippen LogP contribution in [-0.4, -0.2) is 0 Å². The van der Waals surface area contributed by atoms with Gasteiger partial charge in [-0.3, -0.25) is 0 Å². The third-order valence-corrected chi connectivity index (χ3v) is 1.07. The van der Waals surface area contributed by atoms with Gasteiger partial charge in [-0.15, -0.1) is 0 Å². The van der Waals surface area contributed by atoms with E-state index < -0.39 is 0 Å². The van der Waals surface area contributed by atoms with Crippen LogP contribution in [0.25, 0.3) is 0 Å². The number of halogens is 1. The van der Waals surface area contributed by atoms with E-state index in [1.54, 1.807) is 0 Å². The molecule has 0 rings (SSSR count). The van der Waals surface area contributed by atoms with E-state index in [9.17, 15) is 0 Å². The van der Waals surface area contributed by atoms with Crippen molar-refractivity contribution in [2.45, 2.75) is 62.3 Å². The monoisotopic (exact) mass is 194 g/mol. The Hall–Kier alpha value is 0.0300. The molecule has 0 saturated heterocycles. The summed E-state index contributed by atoms with van der Waals surface area (Å²) in [6.07, 6.45) is 0. The average molecular weight is 195 g/mol. The molecule has 0 N–H and O–H groups in total. The van der Waals surface area contributed by atoms with Gasteiger partial charge < -0.3 is 0 Å². The van der Waals surface area contributed by atoms with Crippen LogP contribution in [0.1, 0.15) is 62.3 Å². The Balaban J connectivity index is -0.0000000453. The van der Waals surface area contributed by atoms with Crippen molar-refractivity contribution >= 4 is 11.6 Å². The fraction of sp³-hybridized carbons (Fsp3) is 0.818. The second-order valence-corrected chi connectivity index (χ2v) is 2.10. The molecule has 0 nitrogen and oxygen atoms in total. The van der Waals surface area contributed by atoms with Gasteiger partial charge in [0.15, 0.2) is 0 Å². The molecule has 0 amide bonds. The first-order chi connectivity index (χ1) is 5.64. The first-order valence-corrected chi connectivity index (χ1v) is 5.32. The van der Waals surface area contributed by atoms with Gasteiger partial charge >= 0.3 is 0 Å². The molecule has 0 atom stereocenters. The van der Waals surface area contributed by atoms with E-state index in [0.29, 0.717) is 0 Å². The van der Waals surface area contributed by atoms with Crippen LogP contribution in [0.5, 0.6) is 0 Å². The quantitative estimate of drug-likeness (QED) is 0.470. The highest BCUT2D eigenvalue weighted by Crippen LogP contribution is 2.04. The molecular weight excluding hydrogens is 168 g/mol. The Morgan fingerprint density at radius 3 is 0.750 bits per heavy atom. The molecule has 0 unspecified atom stereocenters. The molecule has 0 heterocycles. The fourth-order valence-corrected chi connectivity index (χ4v) is 0. The van der Waals surface area contributed by atoms with Crippen LogP contribution >= 0.6 is 11.6 Å². The summed E-state index contributed by atoms with van der Waals surface area (Å²) in [4.78, 5) is 0. The van der Waals surface area contributed by atoms with Crippen LogP contribution in [0.2, 0.25) is 0 Å². The molecular formula is C11H27Cl. The zero-order chi connectivity index (χ0) is 11.2. The highest BCUT2D eigenvalue weighted by molar-refractivity contribution is 6.29. The third-order valence-electron chi connectivity index (χ3n) is 0.689. The fourth-order valence-electron chi connectivity index (χ4n) is 0. The van der Waals surface area contributed by atoms with Gasteiger partial charge in [-0.2, -0.15) is 0 Å². The Kier molecular flexibility index (Phi) is 57.7. The smallest absolute Gasteiger partial charge is 0.0136 e. The summed E-state index contributed by atoms with van der Waals surface area (Å²) >= 11 is 5.49. The maximum Gasteiger partial charge on any atom is 0.0136 e. The summed E-state index contributed by atoms with van der Waals surface area (Å²) in [6.45, 7) is 17.9. The van der Waals surface area contributed by atoms with Gasteiger partial charge in [-0.25, -0.2) is 0 Å². The maximum atomic E-state index is 5.49. The SMILES string of the molecule is CC.CC.CC.CC(C)=C(C)Cl. The molecule has 0 aliphatic carbocycles. The number of hydrogen-bond acceptors (Lipinski definition) is 0. The van der Waals surface area contributed by atoms with Gasteiger partial charge in [0, 0.05) is 5.03 Å². The highest BCUT2D eigenvalue weighted by Gasteiger charge is 1.78. The molecule has 0 aromatic carbocycles. The van der Waals surface area contributed by atoms with Crippen molar-refractivity contribution in [1.29, 1.82) is 0 Å². The number of rotatable bonds is 0. The molecule has 0 saturated carbocycles. The van der Waals surface area contributed by atoms with Crippen LogP contribution in [0.15, 0.2) is 10.6 Å². The van der Waals surface area contributed by atoms with Crippen LogP contribution in [0.4, 0.5) is 0 Å². The minimum Gasteiger partial charge on any atom is -0.0895 e. The van der Waals surface area contributed by atoms with E-state index in [2.05, 4.69) is 0 Å². The molecule has 0 bridgehead atoms. The van der Waals surface area contributed by atoms with Gasteiger partial charge in [0.25, 0.3) is 0 Å². The van der Waals surface area contributed by atoms with Crippen molar-refractivity contribution in [2.75, 3.05) is 0 Å². The van der Waals surface area contributed by atoms with Crippen LogP contribution in [-0.2, 0) is 0 Å². The molecule has 0 fully saturated rings. The van der Waals surface area contributed by atoms with E-state index in [1.807, 2.05) is 62.3 Å².